The number of benzene rings is 1. The molecule has 1 saturated heterocycles. The molecule has 1 amide bonds. The van der Waals surface area contributed by atoms with Crippen molar-refractivity contribution >= 4 is 24.0 Å². The molecule has 3 atom stereocenters. The summed E-state index contributed by atoms with van der Waals surface area (Å²) < 4.78 is 26.6. The fourth-order valence-corrected chi connectivity index (χ4v) is 3.34. The van der Waals surface area contributed by atoms with Crippen LogP contribution >= 0.6 is 12.4 Å². The second-order valence-corrected chi connectivity index (χ2v) is 5.70. The third kappa shape index (κ3) is 3.35. The minimum atomic E-state index is -1.00. The summed E-state index contributed by atoms with van der Waals surface area (Å²) in [6.07, 6.45) is 5.45. The number of hydrogen-bond acceptors (Lipinski definition) is 2. The highest BCUT2D eigenvalue weighted by Crippen LogP contribution is 2.33. The first-order valence-corrected chi connectivity index (χ1v) is 7.16. The minimum Gasteiger partial charge on any atom is -0.322 e. The fourth-order valence-electron chi connectivity index (χ4n) is 3.34. The van der Waals surface area contributed by atoms with Gasteiger partial charge in [0, 0.05) is 6.04 Å². The number of amides is 1. The average Bonchev–Trinajstić information content (AvgIpc) is 2.88. The second kappa shape index (κ2) is 6.71. The fraction of sp³-hybridized carbons (Fsp3) is 0.533. The van der Waals surface area contributed by atoms with Crippen molar-refractivity contribution < 1.29 is 13.6 Å². The van der Waals surface area contributed by atoms with E-state index in [4.69, 9.17) is 0 Å². The molecule has 21 heavy (non-hydrogen) atoms. The van der Waals surface area contributed by atoms with Crippen LogP contribution in [0.4, 0.5) is 14.5 Å². The number of nitrogens with one attached hydrogen (secondary N) is 2. The SMILES string of the molecule is Cl.O=C(Nc1cccc(F)c1F)C1CC2CCCCC2N1. The number of rotatable bonds is 2. The Hall–Kier alpha value is -1.20. The lowest BCUT2D eigenvalue weighted by molar-refractivity contribution is -0.117. The Morgan fingerprint density at radius 1 is 1.24 bits per heavy atom. The molecule has 0 bridgehead atoms. The summed E-state index contributed by atoms with van der Waals surface area (Å²) in [7, 11) is 0. The molecule has 2 fully saturated rings. The Labute approximate surface area is 128 Å². The molecule has 0 aromatic heterocycles. The monoisotopic (exact) mass is 316 g/mol. The number of halogens is 3. The summed E-state index contributed by atoms with van der Waals surface area (Å²) in [6, 6.07) is 3.89. The molecule has 3 nitrogen and oxygen atoms in total. The zero-order valence-corrected chi connectivity index (χ0v) is 12.4. The van der Waals surface area contributed by atoms with Gasteiger partial charge in [-0.25, -0.2) is 8.78 Å². The lowest BCUT2D eigenvalue weighted by atomic mass is 9.85. The number of carbonyl (C=O) groups is 1. The van der Waals surface area contributed by atoms with E-state index in [1.54, 1.807) is 0 Å². The quantitative estimate of drug-likeness (QED) is 0.879. The maximum absolute atomic E-state index is 13.5. The summed E-state index contributed by atoms with van der Waals surface area (Å²) in [5.41, 5.74) is -0.0910. The van der Waals surface area contributed by atoms with Gasteiger partial charge >= 0.3 is 0 Å². The van der Waals surface area contributed by atoms with E-state index in [1.165, 1.54) is 25.0 Å². The van der Waals surface area contributed by atoms with Crippen LogP contribution in [0.5, 0.6) is 0 Å². The molecule has 0 radical (unpaired) electrons. The van der Waals surface area contributed by atoms with Gasteiger partial charge in [-0.15, -0.1) is 12.4 Å². The van der Waals surface area contributed by atoms with Crippen LogP contribution in [0.3, 0.4) is 0 Å². The van der Waals surface area contributed by atoms with Crippen LogP contribution < -0.4 is 10.6 Å². The first kappa shape index (κ1) is 16.2. The van der Waals surface area contributed by atoms with Crippen LogP contribution in [0.2, 0.25) is 0 Å². The van der Waals surface area contributed by atoms with Crippen molar-refractivity contribution in [2.24, 2.45) is 5.92 Å². The van der Waals surface area contributed by atoms with Gasteiger partial charge in [-0.1, -0.05) is 18.9 Å². The van der Waals surface area contributed by atoms with Crippen LogP contribution in [-0.4, -0.2) is 18.0 Å². The third-order valence-electron chi connectivity index (χ3n) is 4.39. The molecule has 3 rings (SSSR count). The molecule has 1 heterocycles. The summed E-state index contributed by atoms with van der Waals surface area (Å²) in [4.78, 5) is 12.2. The molecule has 3 unspecified atom stereocenters. The van der Waals surface area contributed by atoms with E-state index in [9.17, 15) is 13.6 Å². The van der Waals surface area contributed by atoms with Crippen LogP contribution in [-0.2, 0) is 4.79 Å². The van der Waals surface area contributed by atoms with Crippen LogP contribution in [0, 0.1) is 17.6 Å². The number of anilines is 1. The van der Waals surface area contributed by atoms with E-state index < -0.39 is 11.6 Å². The lowest BCUT2D eigenvalue weighted by Crippen LogP contribution is -2.40. The summed E-state index contributed by atoms with van der Waals surface area (Å²) in [5.74, 6) is -1.69. The van der Waals surface area contributed by atoms with Crippen molar-refractivity contribution in [3.63, 3.8) is 0 Å². The van der Waals surface area contributed by atoms with Crippen molar-refractivity contribution in [2.45, 2.75) is 44.2 Å². The molecule has 0 spiro atoms. The van der Waals surface area contributed by atoms with E-state index >= 15 is 0 Å². The van der Waals surface area contributed by atoms with Gasteiger partial charge in [0.05, 0.1) is 11.7 Å². The molecule has 1 aromatic carbocycles. The van der Waals surface area contributed by atoms with Gasteiger partial charge in [0.15, 0.2) is 11.6 Å². The van der Waals surface area contributed by atoms with E-state index in [0.717, 1.165) is 25.3 Å². The van der Waals surface area contributed by atoms with Crippen LogP contribution in [0.15, 0.2) is 18.2 Å². The molecular formula is C15H19ClF2N2O. The molecule has 6 heteroatoms. The summed E-state index contributed by atoms with van der Waals surface area (Å²) in [5, 5.41) is 5.80. The highest BCUT2D eigenvalue weighted by atomic mass is 35.5. The van der Waals surface area contributed by atoms with Crippen molar-refractivity contribution in [2.75, 3.05) is 5.32 Å². The van der Waals surface area contributed by atoms with Gasteiger partial charge in [-0.05, 0) is 37.3 Å². The van der Waals surface area contributed by atoms with Crippen molar-refractivity contribution in [1.82, 2.24) is 5.32 Å². The highest BCUT2D eigenvalue weighted by molar-refractivity contribution is 5.95. The zero-order chi connectivity index (χ0) is 14.1. The Morgan fingerprint density at radius 2 is 2.00 bits per heavy atom. The molecular weight excluding hydrogens is 298 g/mol. The molecule has 1 aliphatic carbocycles. The molecule has 116 valence electrons. The van der Waals surface area contributed by atoms with Crippen molar-refractivity contribution in [3.05, 3.63) is 29.8 Å². The Kier molecular flexibility index (Phi) is 5.17. The summed E-state index contributed by atoms with van der Waals surface area (Å²) in [6.45, 7) is 0. The number of fused-ring (bicyclic) bond motifs is 1. The van der Waals surface area contributed by atoms with Crippen LogP contribution in [0.25, 0.3) is 0 Å². The minimum absolute atomic E-state index is 0. The van der Waals surface area contributed by atoms with Gasteiger partial charge in [-0.3, -0.25) is 4.79 Å². The Bertz CT molecular complexity index is 512. The second-order valence-electron chi connectivity index (χ2n) is 5.70. The predicted octanol–water partition coefficient (Wildman–Crippen LogP) is 3.25. The van der Waals surface area contributed by atoms with Crippen molar-refractivity contribution in [3.8, 4) is 0 Å². The van der Waals surface area contributed by atoms with E-state index in [-0.39, 0.29) is 30.0 Å². The number of hydrogen-bond donors (Lipinski definition) is 2. The summed E-state index contributed by atoms with van der Waals surface area (Å²) >= 11 is 0. The Balaban J connectivity index is 0.00000161. The smallest absolute Gasteiger partial charge is 0.241 e. The highest BCUT2D eigenvalue weighted by Gasteiger charge is 2.38. The molecule has 1 aliphatic heterocycles. The molecule has 1 saturated carbocycles. The average molecular weight is 317 g/mol. The first-order valence-electron chi connectivity index (χ1n) is 7.16. The van der Waals surface area contributed by atoms with Gasteiger partial charge in [0.2, 0.25) is 5.91 Å². The molecule has 2 N–H and O–H groups in total. The van der Waals surface area contributed by atoms with Gasteiger partial charge in [0.1, 0.15) is 0 Å². The lowest BCUT2D eigenvalue weighted by Gasteiger charge is -2.24. The number of carbonyl (C=O) groups excluding carboxylic acids is 1. The first-order chi connectivity index (χ1) is 9.65. The van der Waals surface area contributed by atoms with E-state index in [1.807, 2.05) is 0 Å². The topological polar surface area (TPSA) is 41.1 Å². The van der Waals surface area contributed by atoms with E-state index in [0.29, 0.717) is 12.0 Å². The Morgan fingerprint density at radius 3 is 2.76 bits per heavy atom. The van der Waals surface area contributed by atoms with Gasteiger partial charge in [-0.2, -0.15) is 0 Å². The van der Waals surface area contributed by atoms with Gasteiger partial charge in [0.25, 0.3) is 0 Å². The zero-order valence-electron chi connectivity index (χ0n) is 11.6. The van der Waals surface area contributed by atoms with Gasteiger partial charge < -0.3 is 10.6 Å². The normalized spacial score (nSPS) is 27.6. The maximum Gasteiger partial charge on any atom is 0.241 e. The molecule has 1 aromatic rings. The maximum atomic E-state index is 13.5. The third-order valence-corrected chi connectivity index (χ3v) is 4.39. The molecule has 2 aliphatic rings. The standard InChI is InChI=1S/C15H18F2N2O.ClH/c16-10-5-3-7-12(14(10)17)19-15(20)13-8-9-4-1-2-6-11(9)18-13;/h3,5,7,9,11,13,18H,1-2,4,6,8H2,(H,19,20);1H. The van der Waals surface area contributed by atoms with Crippen molar-refractivity contribution in [1.29, 1.82) is 0 Å². The predicted molar refractivity (Wildman–Crippen MR) is 79.5 cm³/mol. The largest absolute Gasteiger partial charge is 0.322 e. The van der Waals surface area contributed by atoms with E-state index in [2.05, 4.69) is 10.6 Å². The van der Waals surface area contributed by atoms with Crippen LogP contribution in [0.1, 0.15) is 32.1 Å².